The average molecular weight is 224 g/mol. The van der Waals surface area contributed by atoms with Crippen LogP contribution in [0.5, 0.6) is 0 Å². The van der Waals surface area contributed by atoms with Gasteiger partial charge in [-0.15, -0.1) is 0 Å². The Morgan fingerprint density at radius 2 is 2.19 bits per heavy atom. The monoisotopic (exact) mass is 224 g/mol. The lowest BCUT2D eigenvalue weighted by Crippen LogP contribution is -2.28. The highest BCUT2D eigenvalue weighted by atomic mass is 16.3. The van der Waals surface area contributed by atoms with E-state index < -0.39 is 0 Å². The molecular weight excluding hydrogens is 204 g/mol. The lowest BCUT2D eigenvalue weighted by Gasteiger charge is -2.12. The van der Waals surface area contributed by atoms with Crippen LogP contribution in [0.25, 0.3) is 0 Å². The first-order chi connectivity index (χ1) is 7.71. The van der Waals surface area contributed by atoms with Gasteiger partial charge in [-0.2, -0.15) is 0 Å². The largest absolute Gasteiger partial charge is 0.467 e. The van der Waals surface area contributed by atoms with E-state index in [0.29, 0.717) is 23.8 Å². The van der Waals surface area contributed by atoms with Crippen molar-refractivity contribution in [2.75, 3.05) is 6.54 Å². The minimum Gasteiger partial charge on any atom is -0.467 e. The molecule has 1 aromatic rings. The van der Waals surface area contributed by atoms with Crippen molar-refractivity contribution in [3.05, 3.63) is 23.7 Å². The summed E-state index contributed by atoms with van der Waals surface area (Å²) in [6, 6.07) is 1.68. The number of carbonyl (C=O) groups is 1. The van der Waals surface area contributed by atoms with E-state index in [4.69, 9.17) is 10.2 Å². The quantitative estimate of drug-likeness (QED) is 0.775. The highest BCUT2D eigenvalue weighted by Gasteiger charge is 2.11. The van der Waals surface area contributed by atoms with Gasteiger partial charge in [0.1, 0.15) is 12.0 Å². The predicted octanol–water partition coefficient (Wildman–Crippen LogP) is 1.90. The summed E-state index contributed by atoms with van der Waals surface area (Å²) in [7, 11) is 0. The predicted molar refractivity (Wildman–Crippen MR) is 63.0 cm³/mol. The maximum absolute atomic E-state index is 11.7. The van der Waals surface area contributed by atoms with Gasteiger partial charge in [-0.05, 0) is 12.0 Å². The molecule has 0 aliphatic heterocycles. The molecule has 0 aliphatic carbocycles. The van der Waals surface area contributed by atoms with Gasteiger partial charge in [0, 0.05) is 6.54 Å². The van der Waals surface area contributed by atoms with Crippen molar-refractivity contribution in [1.82, 2.24) is 5.32 Å². The third kappa shape index (κ3) is 3.38. The van der Waals surface area contributed by atoms with Gasteiger partial charge < -0.3 is 15.5 Å². The summed E-state index contributed by atoms with van der Waals surface area (Å²) in [5.41, 5.74) is 5.95. The molecule has 4 heteroatoms. The molecule has 16 heavy (non-hydrogen) atoms. The Bertz CT molecular complexity index is 330. The molecule has 1 amide bonds. The van der Waals surface area contributed by atoms with E-state index in [1.165, 1.54) is 6.26 Å². The van der Waals surface area contributed by atoms with Crippen LogP contribution in [-0.2, 0) is 6.54 Å². The highest BCUT2D eigenvalue weighted by molar-refractivity contribution is 5.93. The molecule has 0 spiro atoms. The molecule has 0 saturated heterocycles. The summed E-state index contributed by atoms with van der Waals surface area (Å²) in [5.74, 6) is 1.09. The van der Waals surface area contributed by atoms with Gasteiger partial charge in [-0.3, -0.25) is 4.79 Å². The van der Waals surface area contributed by atoms with Crippen molar-refractivity contribution in [3.8, 4) is 0 Å². The molecule has 0 atom stereocenters. The molecule has 1 aromatic heterocycles. The number of carbonyl (C=O) groups excluding carboxylic acids is 1. The van der Waals surface area contributed by atoms with Crippen molar-refractivity contribution < 1.29 is 9.21 Å². The van der Waals surface area contributed by atoms with E-state index in [1.54, 1.807) is 6.07 Å². The van der Waals surface area contributed by atoms with Crippen molar-refractivity contribution in [1.29, 1.82) is 0 Å². The van der Waals surface area contributed by atoms with E-state index >= 15 is 0 Å². The van der Waals surface area contributed by atoms with E-state index in [1.807, 2.05) is 0 Å². The Labute approximate surface area is 96.2 Å². The van der Waals surface area contributed by atoms with Gasteiger partial charge in [-0.1, -0.05) is 26.7 Å². The summed E-state index contributed by atoms with van der Waals surface area (Å²) >= 11 is 0. The van der Waals surface area contributed by atoms with Crippen LogP contribution in [0, 0.1) is 5.92 Å². The van der Waals surface area contributed by atoms with Crippen LogP contribution in [0.1, 0.15) is 42.8 Å². The zero-order chi connectivity index (χ0) is 12.0. The maximum Gasteiger partial charge on any atom is 0.254 e. The fourth-order valence-corrected chi connectivity index (χ4v) is 1.52. The maximum atomic E-state index is 11.7. The average Bonchev–Trinajstić information content (AvgIpc) is 2.78. The number of rotatable bonds is 6. The van der Waals surface area contributed by atoms with Crippen LogP contribution in [0.4, 0.5) is 0 Å². The van der Waals surface area contributed by atoms with Crippen molar-refractivity contribution in [2.45, 2.75) is 33.2 Å². The molecule has 0 bridgehead atoms. The minimum absolute atomic E-state index is 0.0876. The molecule has 0 unspecified atom stereocenters. The van der Waals surface area contributed by atoms with Crippen LogP contribution in [0.15, 0.2) is 16.7 Å². The summed E-state index contributed by atoms with van der Waals surface area (Å²) in [5, 5.41) is 2.90. The van der Waals surface area contributed by atoms with Crippen LogP contribution in [0.3, 0.4) is 0 Å². The molecule has 0 fully saturated rings. The van der Waals surface area contributed by atoms with E-state index in [2.05, 4.69) is 19.2 Å². The molecule has 0 saturated carbocycles. The normalized spacial score (nSPS) is 10.8. The second kappa shape index (κ2) is 6.33. The number of nitrogens with two attached hydrogens (primary N) is 1. The topological polar surface area (TPSA) is 68.3 Å². The molecule has 3 N–H and O–H groups in total. The molecule has 1 heterocycles. The van der Waals surface area contributed by atoms with Gasteiger partial charge in [0.15, 0.2) is 0 Å². The first-order valence-electron chi connectivity index (χ1n) is 5.76. The fraction of sp³-hybridized carbons (Fsp3) is 0.583. The number of furan rings is 1. The number of nitrogens with one attached hydrogen (secondary N) is 1. The first kappa shape index (κ1) is 12.8. The van der Waals surface area contributed by atoms with Crippen LogP contribution < -0.4 is 11.1 Å². The van der Waals surface area contributed by atoms with E-state index in [-0.39, 0.29) is 5.91 Å². The van der Waals surface area contributed by atoms with Gasteiger partial charge in [0.2, 0.25) is 0 Å². The van der Waals surface area contributed by atoms with Crippen molar-refractivity contribution in [3.63, 3.8) is 0 Å². The lowest BCUT2D eigenvalue weighted by molar-refractivity contribution is 0.0946. The van der Waals surface area contributed by atoms with Gasteiger partial charge >= 0.3 is 0 Å². The zero-order valence-corrected chi connectivity index (χ0v) is 9.95. The zero-order valence-electron chi connectivity index (χ0n) is 9.95. The summed E-state index contributed by atoms with van der Waals surface area (Å²) in [4.78, 5) is 11.7. The second-order valence-electron chi connectivity index (χ2n) is 3.90. The molecular formula is C12H20N2O2. The Morgan fingerprint density at radius 3 is 2.69 bits per heavy atom. The summed E-state index contributed by atoms with van der Waals surface area (Å²) in [6.07, 6.45) is 3.61. The third-order valence-corrected chi connectivity index (χ3v) is 2.82. The van der Waals surface area contributed by atoms with Crippen molar-refractivity contribution >= 4 is 5.91 Å². The van der Waals surface area contributed by atoms with Gasteiger partial charge in [0.25, 0.3) is 5.91 Å². The first-order valence-corrected chi connectivity index (χ1v) is 5.76. The number of hydrogen-bond acceptors (Lipinski definition) is 3. The Hall–Kier alpha value is -1.29. The lowest BCUT2D eigenvalue weighted by atomic mass is 10.0. The molecule has 0 aliphatic rings. The van der Waals surface area contributed by atoms with Crippen molar-refractivity contribution in [2.24, 2.45) is 11.7 Å². The fourth-order valence-electron chi connectivity index (χ4n) is 1.52. The van der Waals surface area contributed by atoms with Crippen LogP contribution in [0.2, 0.25) is 0 Å². The Morgan fingerprint density at radius 1 is 1.50 bits per heavy atom. The molecule has 90 valence electrons. The van der Waals surface area contributed by atoms with Gasteiger partial charge in [-0.25, -0.2) is 0 Å². The Kier molecular flexibility index (Phi) is 5.05. The number of hydrogen-bond donors (Lipinski definition) is 2. The minimum atomic E-state index is -0.0876. The molecule has 0 radical (unpaired) electrons. The van der Waals surface area contributed by atoms with Gasteiger partial charge in [0.05, 0.1) is 12.1 Å². The van der Waals surface area contributed by atoms with Crippen LogP contribution in [-0.4, -0.2) is 12.5 Å². The van der Waals surface area contributed by atoms with E-state index in [0.717, 1.165) is 19.4 Å². The SMILES string of the molecule is CCC(CC)CNC(=O)c1coc(CN)c1. The highest BCUT2D eigenvalue weighted by Crippen LogP contribution is 2.08. The van der Waals surface area contributed by atoms with Crippen LogP contribution >= 0.6 is 0 Å². The standard InChI is InChI=1S/C12H20N2O2/c1-3-9(4-2)7-14-12(15)10-5-11(6-13)16-8-10/h5,8-9H,3-4,6-7,13H2,1-2H3,(H,14,15). The Balaban J connectivity index is 2.46. The van der Waals surface area contributed by atoms with E-state index in [9.17, 15) is 4.79 Å². The second-order valence-corrected chi connectivity index (χ2v) is 3.90. The number of amides is 1. The summed E-state index contributed by atoms with van der Waals surface area (Å²) in [6.45, 7) is 5.30. The molecule has 1 rings (SSSR count). The smallest absolute Gasteiger partial charge is 0.254 e. The molecule has 4 nitrogen and oxygen atoms in total. The third-order valence-electron chi connectivity index (χ3n) is 2.82. The summed E-state index contributed by atoms with van der Waals surface area (Å²) < 4.78 is 5.11. The molecule has 0 aromatic carbocycles.